The van der Waals surface area contributed by atoms with Gasteiger partial charge in [-0.3, -0.25) is 0 Å². The lowest BCUT2D eigenvalue weighted by Gasteiger charge is -2.19. The molecule has 0 aromatic heterocycles. The van der Waals surface area contributed by atoms with E-state index in [0.29, 0.717) is 5.57 Å². The summed E-state index contributed by atoms with van der Waals surface area (Å²) in [5.41, 5.74) is 0.681. The molecule has 0 spiro atoms. The van der Waals surface area contributed by atoms with Crippen LogP contribution in [0.5, 0.6) is 11.5 Å². The molecule has 84 valence electrons. The number of ether oxygens (including phenoxy) is 1. The van der Waals surface area contributed by atoms with Gasteiger partial charge in [-0.25, -0.2) is 4.39 Å². The Morgan fingerprint density at radius 2 is 2.12 bits per heavy atom. The van der Waals surface area contributed by atoms with Crippen LogP contribution in [0.3, 0.4) is 0 Å². The van der Waals surface area contributed by atoms with Gasteiger partial charge in [0.15, 0.2) is 17.3 Å². The molecule has 1 aromatic carbocycles. The summed E-state index contributed by atoms with van der Waals surface area (Å²) in [6, 6.07) is 0.981. The summed E-state index contributed by atoms with van der Waals surface area (Å²) in [6.45, 7) is 3.51. The van der Waals surface area contributed by atoms with Gasteiger partial charge in [0.25, 0.3) is 0 Å². The van der Waals surface area contributed by atoms with E-state index in [0.717, 1.165) is 6.07 Å². The van der Waals surface area contributed by atoms with E-state index >= 15 is 0 Å². The lowest BCUT2D eigenvalue weighted by molar-refractivity contribution is 0.359. The van der Waals surface area contributed by atoms with Gasteiger partial charge in [-0.1, -0.05) is 6.58 Å². The number of allylic oxidation sites excluding steroid dienone is 2. The van der Waals surface area contributed by atoms with Gasteiger partial charge in [0, 0.05) is 11.4 Å². The normalized spacial score (nSPS) is 14.2. The Labute approximate surface area is 95.4 Å². The number of hydrogen-bond donors (Lipinski definition) is 1. The van der Waals surface area contributed by atoms with Gasteiger partial charge in [-0.15, -0.1) is 11.6 Å². The number of hydrogen-bond acceptors (Lipinski definition) is 2. The molecule has 1 N–H and O–H groups in total. The van der Waals surface area contributed by atoms with Crippen molar-refractivity contribution in [3.63, 3.8) is 0 Å². The highest BCUT2D eigenvalue weighted by Gasteiger charge is 2.24. The highest BCUT2D eigenvalue weighted by molar-refractivity contribution is 6.23. The molecule has 0 amide bonds. The first kappa shape index (κ1) is 11.0. The number of aromatic hydroxyl groups is 1. The molecule has 0 bridgehead atoms. The number of alkyl halides is 1. The third kappa shape index (κ3) is 1.55. The largest absolute Gasteiger partial charge is 0.503 e. The van der Waals surface area contributed by atoms with E-state index in [1.54, 1.807) is 0 Å². The van der Waals surface area contributed by atoms with Crippen molar-refractivity contribution in [3.05, 3.63) is 41.7 Å². The number of rotatable bonds is 1. The van der Waals surface area contributed by atoms with Crippen LogP contribution in [-0.2, 0) is 0 Å². The zero-order valence-electron chi connectivity index (χ0n) is 8.06. The number of fused-ring (bicyclic) bond motifs is 1. The maximum absolute atomic E-state index is 13.5. The van der Waals surface area contributed by atoms with Gasteiger partial charge in [-0.05, 0) is 17.7 Å². The van der Waals surface area contributed by atoms with Crippen molar-refractivity contribution in [2.45, 2.75) is 0 Å². The molecule has 0 radical (unpaired) electrons. The smallest absolute Gasteiger partial charge is 0.210 e. The van der Waals surface area contributed by atoms with Gasteiger partial charge in [0.05, 0.1) is 0 Å². The van der Waals surface area contributed by atoms with Crippen molar-refractivity contribution in [2.75, 3.05) is 5.88 Å². The van der Waals surface area contributed by atoms with Crippen molar-refractivity contribution in [1.82, 2.24) is 0 Å². The first-order valence-corrected chi connectivity index (χ1v) is 4.92. The Morgan fingerprint density at radius 1 is 1.44 bits per heavy atom. The third-order valence-electron chi connectivity index (χ3n) is 2.21. The third-order valence-corrected chi connectivity index (χ3v) is 2.50. The molecular formula is C11H7ClF2O2. The van der Waals surface area contributed by atoms with Crippen LogP contribution in [0.15, 0.2) is 24.5 Å². The summed E-state index contributed by atoms with van der Waals surface area (Å²) in [5, 5.41) is 9.10. The highest BCUT2D eigenvalue weighted by atomic mass is 35.5. The summed E-state index contributed by atoms with van der Waals surface area (Å²) in [7, 11) is 0. The fourth-order valence-electron chi connectivity index (χ4n) is 1.47. The highest BCUT2D eigenvalue weighted by Crippen LogP contribution is 2.40. The average Bonchev–Trinajstić information content (AvgIpc) is 2.26. The van der Waals surface area contributed by atoms with E-state index in [1.807, 2.05) is 0 Å². The molecule has 0 atom stereocenters. The van der Waals surface area contributed by atoms with Crippen LogP contribution >= 0.6 is 11.6 Å². The average molecular weight is 245 g/mol. The minimum atomic E-state index is -1.15. The Morgan fingerprint density at radius 3 is 2.75 bits per heavy atom. The Bertz CT molecular complexity index is 509. The van der Waals surface area contributed by atoms with Crippen molar-refractivity contribution >= 4 is 17.2 Å². The summed E-state index contributed by atoms with van der Waals surface area (Å²) < 4.78 is 31.6. The van der Waals surface area contributed by atoms with Crippen LogP contribution in [0.25, 0.3) is 5.57 Å². The zero-order chi connectivity index (χ0) is 11.9. The molecule has 0 fully saturated rings. The molecule has 2 nitrogen and oxygen atoms in total. The van der Waals surface area contributed by atoms with Crippen molar-refractivity contribution < 1.29 is 18.6 Å². The van der Waals surface area contributed by atoms with E-state index in [2.05, 4.69) is 6.58 Å². The monoisotopic (exact) mass is 244 g/mol. The molecule has 1 aliphatic rings. The first-order valence-electron chi connectivity index (χ1n) is 4.39. The van der Waals surface area contributed by atoms with Crippen LogP contribution in [0.2, 0.25) is 0 Å². The van der Waals surface area contributed by atoms with Crippen LogP contribution in [-0.4, -0.2) is 11.0 Å². The molecule has 0 aliphatic carbocycles. The minimum Gasteiger partial charge on any atom is -0.503 e. The minimum absolute atomic E-state index is 0.0685. The Hall–Kier alpha value is -1.55. The van der Waals surface area contributed by atoms with Crippen LogP contribution in [0.4, 0.5) is 8.78 Å². The second-order valence-electron chi connectivity index (χ2n) is 3.27. The molecule has 0 saturated heterocycles. The predicted octanol–water partition coefficient (Wildman–Crippen LogP) is 3.20. The maximum Gasteiger partial charge on any atom is 0.210 e. The van der Waals surface area contributed by atoms with Crippen LogP contribution in [0, 0.1) is 11.6 Å². The van der Waals surface area contributed by atoms with E-state index in [-0.39, 0.29) is 23.0 Å². The quantitative estimate of drug-likeness (QED) is 0.769. The van der Waals surface area contributed by atoms with Crippen molar-refractivity contribution in [1.29, 1.82) is 0 Å². The number of phenols is 1. The Balaban J connectivity index is 2.71. The van der Waals surface area contributed by atoms with Crippen molar-refractivity contribution in [3.8, 4) is 11.5 Å². The summed E-state index contributed by atoms with van der Waals surface area (Å²) in [5.74, 6) is -3.26. The van der Waals surface area contributed by atoms with Crippen LogP contribution < -0.4 is 4.74 Å². The van der Waals surface area contributed by atoms with E-state index in [4.69, 9.17) is 21.4 Å². The zero-order valence-corrected chi connectivity index (χ0v) is 8.81. The molecule has 1 aliphatic heterocycles. The second kappa shape index (κ2) is 3.79. The molecule has 1 heterocycles. The van der Waals surface area contributed by atoms with Gasteiger partial charge in [0.1, 0.15) is 5.76 Å². The first-order chi connectivity index (χ1) is 7.54. The fourth-order valence-corrected chi connectivity index (χ4v) is 1.69. The Kier molecular flexibility index (Phi) is 2.59. The lowest BCUT2D eigenvalue weighted by atomic mass is 10.0. The van der Waals surface area contributed by atoms with E-state index in [9.17, 15) is 8.78 Å². The van der Waals surface area contributed by atoms with Gasteiger partial charge < -0.3 is 9.84 Å². The lowest BCUT2D eigenvalue weighted by Crippen LogP contribution is -2.06. The molecule has 16 heavy (non-hydrogen) atoms. The van der Waals surface area contributed by atoms with E-state index in [1.165, 1.54) is 6.08 Å². The summed E-state index contributed by atoms with van der Waals surface area (Å²) in [6.07, 6.45) is 1.49. The van der Waals surface area contributed by atoms with Crippen molar-refractivity contribution in [2.24, 2.45) is 0 Å². The molecule has 5 heteroatoms. The van der Waals surface area contributed by atoms with Crippen LogP contribution in [0.1, 0.15) is 5.56 Å². The predicted molar refractivity (Wildman–Crippen MR) is 56.5 cm³/mol. The molecule has 1 aromatic rings. The van der Waals surface area contributed by atoms with Gasteiger partial charge in [-0.2, -0.15) is 4.39 Å². The molecular weight excluding hydrogens is 238 g/mol. The SMILES string of the molecule is C=C1C=C(CCl)c2cc(F)c(O)c(F)c2O1. The summed E-state index contributed by atoms with van der Waals surface area (Å²) >= 11 is 5.65. The number of phenolic OH excluding ortho intramolecular Hbond substituents is 1. The van der Waals surface area contributed by atoms with E-state index < -0.39 is 17.4 Å². The number of benzene rings is 1. The number of halogens is 3. The molecule has 2 rings (SSSR count). The van der Waals surface area contributed by atoms with Gasteiger partial charge >= 0.3 is 0 Å². The topological polar surface area (TPSA) is 29.5 Å². The second-order valence-corrected chi connectivity index (χ2v) is 3.54. The maximum atomic E-state index is 13.5. The summed E-state index contributed by atoms with van der Waals surface area (Å²) in [4.78, 5) is 0. The molecule has 0 saturated carbocycles. The molecule has 0 unspecified atom stereocenters. The standard InChI is InChI=1S/C11H7ClF2O2/c1-5-2-6(4-12)7-3-8(13)10(15)9(14)11(7)16-5/h2-3,15H,1,4H2. The van der Waals surface area contributed by atoms with Gasteiger partial charge in [0.2, 0.25) is 5.82 Å². The fraction of sp³-hybridized carbons (Fsp3) is 0.0909.